The maximum Gasteiger partial charge on any atom is 0.254 e. The SMILES string of the molecule is O=C(c1cc(=O)[nH]c2ccccc12)N1CCC1. The number of aromatic amines is 1. The van der Waals surface area contributed by atoms with Crippen LogP contribution in [0.3, 0.4) is 0 Å². The summed E-state index contributed by atoms with van der Waals surface area (Å²) in [7, 11) is 0. The molecule has 0 aliphatic carbocycles. The number of likely N-dealkylation sites (tertiary alicyclic amines) is 1. The molecule has 3 rings (SSSR count). The maximum atomic E-state index is 12.2. The highest BCUT2D eigenvalue weighted by Gasteiger charge is 2.23. The average Bonchev–Trinajstić information content (AvgIpc) is 2.25. The van der Waals surface area contributed by atoms with E-state index in [9.17, 15) is 9.59 Å². The monoisotopic (exact) mass is 228 g/mol. The number of carbonyl (C=O) groups is 1. The molecule has 1 fully saturated rings. The fourth-order valence-corrected chi connectivity index (χ4v) is 2.07. The van der Waals surface area contributed by atoms with Crippen molar-refractivity contribution in [3.8, 4) is 0 Å². The van der Waals surface area contributed by atoms with Crippen molar-refractivity contribution in [1.82, 2.24) is 9.88 Å². The minimum atomic E-state index is -0.229. The van der Waals surface area contributed by atoms with E-state index in [0.717, 1.165) is 24.9 Å². The van der Waals surface area contributed by atoms with Gasteiger partial charge in [-0.25, -0.2) is 0 Å². The Kier molecular flexibility index (Phi) is 2.21. The first-order valence-electron chi connectivity index (χ1n) is 5.67. The Labute approximate surface area is 97.9 Å². The summed E-state index contributed by atoms with van der Waals surface area (Å²) in [5.74, 6) is -0.0430. The van der Waals surface area contributed by atoms with Crippen molar-refractivity contribution >= 4 is 16.8 Å². The summed E-state index contributed by atoms with van der Waals surface area (Å²) in [6.07, 6.45) is 1.05. The third-order valence-electron chi connectivity index (χ3n) is 3.12. The molecule has 4 nitrogen and oxygen atoms in total. The van der Waals surface area contributed by atoms with Gasteiger partial charge in [0.05, 0.1) is 5.56 Å². The Hall–Kier alpha value is -2.10. The normalized spacial score (nSPS) is 14.7. The number of pyridine rings is 1. The molecule has 2 aromatic rings. The molecule has 2 heterocycles. The third kappa shape index (κ3) is 1.62. The largest absolute Gasteiger partial charge is 0.338 e. The molecule has 1 aromatic heterocycles. The lowest BCUT2D eigenvalue weighted by atomic mass is 10.1. The number of benzene rings is 1. The number of carbonyl (C=O) groups excluding carboxylic acids is 1. The zero-order valence-electron chi connectivity index (χ0n) is 9.27. The van der Waals surface area contributed by atoms with E-state index in [-0.39, 0.29) is 11.5 Å². The Morgan fingerprint density at radius 3 is 2.71 bits per heavy atom. The predicted molar refractivity (Wildman–Crippen MR) is 65.1 cm³/mol. The van der Waals surface area contributed by atoms with Gasteiger partial charge in [0.2, 0.25) is 5.56 Å². The molecule has 1 saturated heterocycles. The summed E-state index contributed by atoms with van der Waals surface area (Å²) in [6.45, 7) is 1.58. The molecule has 1 aliphatic rings. The van der Waals surface area contributed by atoms with Gasteiger partial charge in [-0.05, 0) is 12.5 Å². The van der Waals surface area contributed by atoms with Crippen molar-refractivity contribution in [2.75, 3.05) is 13.1 Å². The molecule has 0 bridgehead atoms. The van der Waals surface area contributed by atoms with Crippen LogP contribution >= 0.6 is 0 Å². The van der Waals surface area contributed by atoms with E-state index < -0.39 is 0 Å². The van der Waals surface area contributed by atoms with Crippen LogP contribution in [-0.4, -0.2) is 28.9 Å². The van der Waals surface area contributed by atoms with Crippen molar-refractivity contribution in [2.24, 2.45) is 0 Å². The number of rotatable bonds is 1. The summed E-state index contributed by atoms with van der Waals surface area (Å²) in [4.78, 5) is 28.2. The molecule has 4 heteroatoms. The number of hydrogen-bond acceptors (Lipinski definition) is 2. The molecular formula is C13H12N2O2. The Morgan fingerprint density at radius 1 is 1.24 bits per heavy atom. The van der Waals surface area contributed by atoms with Crippen LogP contribution in [0.25, 0.3) is 10.9 Å². The Bertz CT molecular complexity index is 641. The van der Waals surface area contributed by atoms with Gasteiger partial charge < -0.3 is 9.88 Å². The van der Waals surface area contributed by atoms with Crippen LogP contribution in [0.5, 0.6) is 0 Å². The minimum Gasteiger partial charge on any atom is -0.338 e. The lowest BCUT2D eigenvalue weighted by Crippen LogP contribution is -2.42. The van der Waals surface area contributed by atoms with Gasteiger partial charge in [0.15, 0.2) is 0 Å². The van der Waals surface area contributed by atoms with Gasteiger partial charge in [-0.2, -0.15) is 0 Å². The average molecular weight is 228 g/mol. The van der Waals surface area contributed by atoms with E-state index in [4.69, 9.17) is 0 Å². The summed E-state index contributed by atoms with van der Waals surface area (Å²) in [5, 5.41) is 0.809. The highest BCUT2D eigenvalue weighted by Crippen LogP contribution is 2.18. The zero-order chi connectivity index (χ0) is 11.8. The highest BCUT2D eigenvalue weighted by molar-refractivity contribution is 6.06. The highest BCUT2D eigenvalue weighted by atomic mass is 16.2. The number of hydrogen-bond donors (Lipinski definition) is 1. The van der Waals surface area contributed by atoms with Crippen molar-refractivity contribution in [3.05, 3.63) is 46.2 Å². The lowest BCUT2D eigenvalue weighted by Gasteiger charge is -2.31. The second-order valence-corrected chi connectivity index (χ2v) is 4.24. The van der Waals surface area contributed by atoms with Crippen LogP contribution in [0, 0.1) is 0 Å². The van der Waals surface area contributed by atoms with E-state index in [0.29, 0.717) is 11.1 Å². The predicted octanol–water partition coefficient (Wildman–Crippen LogP) is 1.37. The molecule has 0 unspecified atom stereocenters. The first-order chi connectivity index (χ1) is 8.25. The number of aromatic nitrogens is 1. The first kappa shape index (κ1) is 10.1. The van der Waals surface area contributed by atoms with Gasteiger partial charge in [0.25, 0.3) is 5.91 Å². The molecule has 86 valence electrons. The zero-order valence-corrected chi connectivity index (χ0v) is 9.27. The standard InChI is InChI=1S/C13H12N2O2/c16-12-8-10(13(17)15-6-3-7-15)9-4-1-2-5-11(9)14-12/h1-2,4-5,8H,3,6-7H2,(H,14,16). The van der Waals surface area contributed by atoms with Crippen LogP contribution in [0.4, 0.5) is 0 Å². The molecule has 0 radical (unpaired) electrons. The van der Waals surface area contributed by atoms with Crippen LogP contribution in [0.15, 0.2) is 35.1 Å². The van der Waals surface area contributed by atoms with Gasteiger partial charge in [-0.3, -0.25) is 9.59 Å². The topological polar surface area (TPSA) is 53.2 Å². The molecule has 17 heavy (non-hydrogen) atoms. The number of amides is 1. The van der Waals surface area contributed by atoms with Gasteiger partial charge in [0.1, 0.15) is 0 Å². The number of H-pyrrole nitrogens is 1. The number of fused-ring (bicyclic) bond motifs is 1. The number of para-hydroxylation sites is 1. The van der Waals surface area contributed by atoms with Crippen molar-refractivity contribution in [2.45, 2.75) is 6.42 Å². The minimum absolute atomic E-state index is 0.0430. The van der Waals surface area contributed by atoms with Gasteiger partial charge in [-0.1, -0.05) is 18.2 Å². The number of nitrogens with zero attached hydrogens (tertiary/aromatic N) is 1. The fourth-order valence-electron chi connectivity index (χ4n) is 2.07. The van der Waals surface area contributed by atoms with Crippen molar-refractivity contribution < 1.29 is 4.79 Å². The second kappa shape index (κ2) is 3.73. The summed E-state index contributed by atoms with van der Waals surface area (Å²) in [5.41, 5.74) is 0.987. The smallest absolute Gasteiger partial charge is 0.254 e. The maximum absolute atomic E-state index is 12.2. The van der Waals surface area contributed by atoms with Crippen molar-refractivity contribution in [1.29, 1.82) is 0 Å². The molecule has 1 aromatic carbocycles. The van der Waals surface area contributed by atoms with E-state index in [1.807, 2.05) is 24.3 Å². The van der Waals surface area contributed by atoms with E-state index in [1.165, 1.54) is 6.07 Å². The Balaban J connectivity index is 2.20. The van der Waals surface area contributed by atoms with Gasteiger partial charge in [0, 0.05) is 30.1 Å². The molecule has 1 aliphatic heterocycles. The summed E-state index contributed by atoms with van der Waals surface area (Å²) < 4.78 is 0. The van der Waals surface area contributed by atoms with E-state index >= 15 is 0 Å². The van der Waals surface area contributed by atoms with Crippen LogP contribution in [0.1, 0.15) is 16.8 Å². The molecule has 0 spiro atoms. The summed E-state index contributed by atoms with van der Waals surface area (Å²) in [6, 6.07) is 8.77. The lowest BCUT2D eigenvalue weighted by molar-refractivity contribution is 0.0653. The summed E-state index contributed by atoms with van der Waals surface area (Å²) >= 11 is 0. The van der Waals surface area contributed by atoms with Gasteiger partial charge >= 0.3 is 0 Å². The van der Waals surface area contributed by atoms with Crippen molar-refractivity contribution in [3.63, 3.8) is 0 Å². The van der Waals surface area contributed by atoms with E-state index in [1.54, 1.807) is 4.90 Å². The second-order valence-electron chi connectivity index (χ2n) is 4.24. The molecule has 0 atom stereocenters. The third-order valence-corrected chi connectivity index (χ3v) is 3.12. The number of nitrogens with one attached hydrogen (secondary N) is 1. The molecular weight excluding hydrogens is 216 g/mol. The van der Waals surface area contributed by atoms with Crippen LogP contribution < -0.4 is 5.56 Å². The van der Waals surface area contributed by atoms with Crippen LogP contribution in [-0.2, 0) is 0 Å². The molecule has 0 saturated carbocycles. The first-order valence-corrected chi connectivity index (χ1v) is 5.67. The quantitative estimate of drug-likeness (QED) is 0.801. The van der Waals surface area contributed by atoms with Crippen LogP contribution in [0.2, 0.25) is 0 Å². The fraction of sp³-hybridized carbons (Fsp3) is 0.231. The van der Waals surface area contributed by atoms with Gasteiger partial charge in [-0.15, -0.1) is 0 Å². The molecule has 1 amide bonds. The van der Waals surface area contributed by atoms with E-state index in [2.05, 4.69) is 4.98 Å². The Morgan fingerprint density at radius 2 is 2.00 bits per heavy atom. The molecule has 1 N–H and O–H groups in total.